The average molecular weight is 288 g/mol. The molecule has 1 heterocycles. The second kappa shape index (κ2) is 5.78. The summed E-state index contributed by atoms with van der Waals surface area (Å²) in [5.74, 6) is -2.48. The Morgan fingerprint density at radius 1 is 1.40 bits per heavy atom. The number of carboxylic acids is 1. The van der Waals surface area contributed by atoms with Gasteiger partial charge in [0.25, 0.3) is 0 Å². The predicted molar refractivity (Wildman–Crippen MR) is 66.7 cm³/mol. The van der Waals surface area contributed by atoms with Gasteiger partial charge in [-0.15, -0.1) is 0 Å². The summed E-state index contributed by atoms with van der Waals surface area (Å²) in [4.78, 5) is 34.2. The molecule has 20 heavy (non-hydrogen) atoms. The van der Waals surface area contributed by atoms with E-state index in [0.29, 0.717) is 0 Å². The molecule has 7 nitrogen and oxygen atoms in total. The molecule has 1 aliphatic rings. The van der Waals surface area contributed by atoms with E-state index < -0.39 is 41.6 Å². The van der Waals surface area contributed by atoms with Crippen molar-refractivity contribution in [3.05, 3.63) is 0 Å². The summed E-state index contributed by atoms with van der Waals surface area (Å²) in [5, 5.41) is 8.96. The molecule has 0 aromatic carbocycles. The molecule has 0 saturated carbocycles. The van der Waals surface area contributed by atoms with Crippen molar-refractivity contribution in [2.45, 2.75) is 51.9 Å². The fraction of sp³-hybridized carbons (Fsp3) is 0.769. The summed E-state index contributed by atoms with van der Waals surface area (Å²) in [7, 11) is 1.22. The molecule has 2 atom stereocenters. The second-order valence-electron chi connectivity index (χ2n) is 5.86. The Morgan fingerprint density at radius 3 is 2.40 bits per heavy atom. The van der Waals surface area contributed by atoms with Crippen LogP contribution < -0.4 is 0 Å². The van der Waals surface area contributed by atoms with E-state index in [4.69, 9.17) is 14.6 Å². The van der Waals surface area contributed by atoms with E-state index in [1.807, 2.05) is 20.8 Å². The van der Waals surface area contributed by atoms with Gasteiger partial charge in [-0.05, 0) is 6.42 Å². The monoisotopic (exact) mass is 288 g/mol. The molecule has 0 aromatic rings. The van der Waals surface area contributed by atoms with Crippen LogP contribution in [0.15, 0.2) is 0 Å². The number of methoxy groups -OCH3 is 1. The summed E-state index contributed by atoms with van der Waals surface area (Å²) < 4.78 is 15.2. The lowest BCUT2D eigenvalue weighted by Gasteiger charge is -2.27. The van der Waals surface area contributed by atoms with Gasteiger partial charge in [0.1, 0.15) is 0 Å². The number of hydrogen-bond acceptors (Lipinski definition) is 6. The number of rotatable bonds is 5. The van der Waals surface area contributed by atoms with Crippen LogP contribution in [0.1, 0.15) is 40.0 Å². The SMILES string of the molecule is COC(=O)CC[C@]1(CC(=O)O)O[C@@H](C(C)(C)C)OC1=O. The van der Waals surface area contributed by atoms with Gasteiger partial charge in [0.15, 0.2) is 5.60 Å². The summed E-state index contributed by atoms with van der Waals surface area (Å²) in [5.41, 5.74) is -2.11. The van der Waals surface area contributed by atoms with Crippen LogP contribution in [0.2, 0.25) is 0 Å². The molecule has 0 bridgehead atoms. The van der Waals surface area contributed by atoms with Gasteiger partial charge < -0.3 is 19.3 Å². The lowest BCUT2D eigenvalue weighted by atomic mass is 9.93. The lowest BCUT2D eigenvalue weighted by Crippen LogP contribution is -2.40. The van der Waals surface area contributed by atoms with Crippen LogP contribution >= 0.6 is 0 Å². The number of carbonyl (C=O) groups is 3. The molecule has 1 N–H and O–H groups in total. The number of hydrogen-bond donors (Lipinski definition) is 1. The van der Waals surface area contributed by atoms with Gasteiger partial charge in [-0.3, -0.25) is 9.59 Å². The first-order valence-electron chi connectivity index (χ1n) is 6.28. The zero-order valence-corrected chi connectivity index (χ0v) is 12.1. The zero-order valence-electron chi connectivity index (χ0n) is 12.1. The predicted octanol–water partition coefficient (Wildman–Crippen LogP) is 1.10. The first kappa shape index (κ1) is 16.4. The minimum Gasteiger partial charge on any atom is -0.481 e. The van der Waals surface area contributed by atoms with Crippen LogP contribution in [0, 0.1) is 5.41 Å². The molecule has 0 amide bonds. The minimum atomic E-state index is -1.63. The molecule has 1 fully saturated rings. The minimum absolute atomic E-state index is 0.0859. The molecule has 0 radical (unpaired) electrons. The number of cyclic esters (lactones) is 1. The van der Waals surface area contributed by atoms with Crippen molar-refractivity contribution in [3.8, 4) is 0 Å². The third-order valence-corrected chi connectivity index (χ3v) is 3.02. The van der Waals surface area contributed by atoms with E-state index in [0.717, 1.165) is 0 Å². The van der Waals surface area contributed by atoms with Crippen molar-refractivity contribution in [2.75, 3.05) is 7.11 Å². The summed E-state index contributed by atoms with van der Waals surface area (Å²) in [6.45, 7) is 5.42. The Kier molecular flexibility index (Phi) is 4.75. The van der Waals surface area contributed by atoms with Crippen molar-refractivity contribution >= 4 is 17.9 Å². The van der Waals surface area contributed by atoms with Gasteiger partial charge in [0.2, 0.25) is 6.29 Å². The lowest BCUT2D eigenvalue weighted by molar-refractivity contribution is -0.163. The van der Waals surface area contributed by atoms with Gasteiger partial charge in [-0.1, -0.05) is 20.8 Å². The molecule has 0 spiro atoms. The molecular weight excluding hydrogens is 268 g/mol. The van der Waals surface area contributed by atoms with E-state index in [2.05, 4.69) is 4.74 Å². The van der Waals surface area contributed by atoms with E-state index in [1.54, 1.807) is 0 Å². The molecule has 0 aromatic heterocycles. The Bertz CT molecular complexity index is 409. The molecule has 1 aliphatic heterocycles. The van der Waals surface area contributed by atoms with Crippen LogP contribution in [0.25, 0.3) is 0 Å². The van der Waals surface area contributed by atoms with Crippen molar-refractivity contribution in [2.24, 2.45) is 5.41 Å². The topological polar surface area (TPSA) is 99.1 Å². The van der Waals surface area contributed by atoms with Crippen molar-refractivity contribution in [3.63, 3.8) is 0 Å². The van der Waals surface area contributed by atoms with Crippen LogP contribution in [0.5, 0.6) is 0 Å². The first-order chi connectivity index (χ1) is 9.10. The number of ether oxygens (including phenoxy) is 3. The largest absolute Gasteiger partial charge is 0.481 e. The molecule has 1 saturated heterocycles. The Balaban J connectivity index is 2.91. The van der Waals surface area contributed by atoms with Gasteiger partial charge in [0, 0.05) is 11.8 Å². The van der Waals surface area contributed by atoms with Gasteiger partial charge in [-0.2, -0.15) is 0 Å². The fourth-order valence-corrected chi connectivity index (χ4v) is 1.85. The highest BCUT2D eigenvalue weighted by atomic mass is 16.8. The highest BCUT2D eigenvalue weighted by molar-refractivity contribution is 5.87. The Labute approximate surface area is 117 Å². The Morgan fingerprint density at radius 2 is 2.00 bits per heavy atom. The van der Waals surface area contributed by atoms with Crippen LogP contribution in [0.4, 0.5) is 0 Å². The van der Waals surface area contributed by atoms with Crippen LogP contribution in [-0.4, -0.2) is 42.0 Å². The van der Waals surface area contributed by atoms with E-state index in [-0.39, 0.29) is 12.8 Å². The average Bonchev–Trinajstić information content (AvgIpc) is 2.63. The number of esters is 2. The summed E-state index contributed by atoms with van der Waals surface area (Å²) in [6.07, 6.45) is -1.59. The number of carbonyl (C=O) groups excluding carboxylic acids is 2. The smallest absolute Gasteiger partial charge is 0.341 e. The van der Waals surface area contributed by atoms with Gasteiger partial charge in [0.05, 0.1) is 13.5 Å². The van der Waals surface area contributed by atoms with Crippen molar-refractivity contribution < 1.29 is 33.7 Å². The third kappa shape index (κ3) is 3.69. The molecule has 1 rings (SSSR count). The highest BCUT2D eigenvalue weighted by Crippen LogP contribution is 2.39. The van der Waals surface area contributed by atoms with E-state index in [1.165, 1.54) is 7.11 Å². The molecular formula is C13H20O7. The fourth-order valence-electron chi connectivity index (χ4n) is 1.85. The maximum Gasteiger partial charge on any atom is 0.341 e. The number of carboxylic acid groups (broad SMARTS) is 1. The molecule has 0 aliphatic carbocycles. The first-order valence-corrected chi connectivity index (χ1v) is 6.28. The summed E-state index contributed by atoms with van der Waals surface area (Å²) in [6, 6.07) is 0. The molecule has 7 heteroatoms. The third-order valence-electron chi connectivity index (χ3n) is 3.02. The van der Waals surface area contributed by atoms with Crippen molar-refractivity contribution in [1.29, 1.82) is 0 Å². The molecule has 114 valence electrons. The van der Waals surface area contributed by atoms with E-state index in [9.17, 15) is 14.4 Å². The van der Waals surface area contributed by atoms with Crippen LogP contribution in [0.3, 0.4) is 0 Å². The molecule has 0 unspecified atom stereocenters. The normalized spacial score (nSPS) is 26.2. The maximum atomic E-state index is 12.0. The zero-order chi connectivity index (χ0) is 15.6. The Hall–Kier alpha value is -1.63. The quantitative estimate of drug-likeness (QED) is 0.756. The highest BCUT2D eigenvalue weighted by Gasteiger charge is 2.54. The van der Waals surface area contributed by atoms with Crippen molar-refractivity contribution in [1.82, 2.24) is 0 Å². The maximum absolute atomic E-state index is 12.0. The standard InChI is InChI=1S/C13H20O7/c1-12(2,3)11-19-10(17)13(20-11,7-8(14)15)6-5-9(16)18-4/h11H,5-7H2,1-4H3,(H,14,15)/t11-,13+/m0/s1. The second-order valence-corrected chi connectivity index (χ2v) is 5.86. The van der Waals surface area contributed by atoms with E-state index >= 15 is 0 Å². The van der Waals surface area contributed by atoms with Gasteiger partial charge in [-0.25, -0.2) is 4.79 Å². The summed E-state index contributed by atoms with van der Waals surface area (Å²) >= 11 is 0. The van der Waals surface area contributed by atoms with Crippen LogP contribution in [-0.2, 0) is 28.6 Å². The van der Waals surface area contributed by atoms with Gasteiger partial charge >= 0.3 is 17.9 Å². The number of aliphatic carboxylic acids is 1.